The first-order valence-electron chi connectivity index (χ1n) is 4.55. The smallest absolute Gasteiger partial charge is 0.0965 e. The lowest BCUT2D eigenvalue weighted by Gasteiger charge is -2.04. The van der Waals surface area contributed by atoms with Crippen LogP contribution in [-0.2, 0) is 11.2 Å². The molecule has 1 aromatic carbocycles. The molecular weight excluding hydrogens is 162 g/mol. The summed E-state index contributed by atoms with van der Waals surface area (Å²) in [5.74, 6) is 0. The Labute approximate surface area is 79.9 Å². The number of hydrogen-bond acceptors (Lipinski definition) is 2. The minimum atomic E-state index is 0.526. The topological polar surface area (TPSA) is 21.3 Å². The summed E-state index contributed by atoms with van der Waals surface area (Å²) < 4.78 is 5.05. The molecule has 0 heterocycles. The molecule has 1 rings (SSSR count). The first-order valence-corrected chi connectivity index (χ1v) is 4.55. The molecule has 0 saturated carbocycles. The normalized spacial score (nSPS) is 10.2. The van der Waals surface area contributed by atoms with Gasteiger partial charge in [-0.1, -0.05) is 30.3 Å². The van der Waals surface area contributed by atoms with E-state index in [2.05, 4.69) is 36.5 Å². The number of hydrogen-bond donors (Lipinski definition) is 1. The molecule has 0 aromatic heterocycles. The highest BCUT2D eigenvalue weighted by Crippen LogP contribution is 1.97. The number of nitrogens with one attached hydrogen (secondary N) is 1. The Morgan fingerprint density at radius 3 is 2.69 bits per heavy atom. The maximum Gasteiger partial charge on any atom is 0.0965 e. The predicted octanol–water partition coefficient (Wildman–Crippen LogP) is 1.63. The summed E-state index contributed by atoms with van der Waals surface area (Å²) in [5, 5.41) is 3.17. The Hall–Kier alpha value is -0.860. The minimum absolute atomic E-state index is 0.526. The standard InChI is InChI=1S/C11H16NO/c1-2-13-10-12-9-8-11-6-4-3-5-7-11/h3-7,12H,1-2,8-10H2. The molecule has 0 amide bonds. The van der Waals surface area contributed by atoms with Crippen molar-refractivity contribution in [3.05, 3.63) is 42.8 Å². The highest BCUT2D eigenvalue weighted by Gasteiger charge is 1.90. The molecule has 0 aliphatic carbocycles. The minimum Gasteiger partial charge on any atom is -0.366 e. The van der Waals surface area contributed by atoms with Gasteiger partial charge in [0.1, 0.15) is 0 Å². The lowest BCUT2D eigenvalue weighted by atomic mass is 10.2. The molecule has 0 bridgehead atoms. The number of rotatable bonds is 6. The van der Waals surface area contributed by atoms with Gasteiger partial charge in [-0.3, -0.25) is 5.32 Å². The molecule has 2 heteroatoms. The van der Waals surface area contributed by atoms with Crippen LogP contribution in [0.1, 0.15) is 5.56 Å². The predicted molar refractivity (Wildman–Crippen MR) is 54.3 cm³/mol. The Bertz CT molecular complexity index is 211. The summed E-state index contributed by atoms with van der Waals surface area (Å²) in [4.78, 5) is 0. The fraction of sp³-hybridized carbons (Fsp3) is 0.364. The molecule has 1 aromatic rings. The molecular formula is C11H16NO. The van der Waals surface area contributed by atoms with E-state index < -0.39 is 0 Å². The third kappa shape index (κ3) is 4.65. The third-order valence-electron chi connectivity index (χ3n) is 1.78. The molecule has 1 radical (unpaired) electrons. The maximum atomic E-state index is 5.05. The van der Waals surface area contributed by atoms with E-state index in [1.807, 2.05) is 6.07 Å². The summed E-state index contributed by atoms with van der Waals surface area (Å²) in [7, 11) is 0. The molecule has 0 unspecified atom stereocenters. The molecule has 71 valence electrons. The number of ether oxygens (including phenoxy) is 1. The molecule has 2 nitrogen and oxygen atoms in total. The van der Waals surface area contributed by atoms with Crippen LogP contribution in [0.15, 0.2) is 30.3 Å². The fourth-order valence-corrected chi connectivity index (χ4v) is 1.09. The molecule has 0 saturated heterocycles. The second-order valence-electron chi connectivity index (χ2n) is 2.79. The van der Waals surface area contributed by atoms with Gasteiger partial charge in [0.05, 0.1) is 6.73 Å². The quantitative estimate of drug-likeness (QED) is 0.528. The molecule has 0 fully saturated rings. The monoisotopic (exact) mass is 178 g/mol. The van der Waals surface area contributed by atoms with Gasteiger partial charge in [-0.15, -0.1) is 0 Å². The molecule has 0 spiro atoms. The molecule has 1 N–H and O–H groups in total. The van der Waals surface area contributed by atoms with Gasteiger partial charge >= 0.3 is 0 Å². The van der Waals surface area contributed by atoms with Crippen molar-refractivity contribution in [2.45, 2.75) is 6.42 Å². The van der Waals surface area contributed by atoms with Crippen LogP contribution in [0.5, 0.6) is 0 Å². The van der Waals surface area contributed by atoms with Crippen LogP contribution in [0.3, 0.4) is 0 Å². The van der Waals surface area contributed by atoms with Crippen LogP contribution in [0.25, 0.3) is 0 Å². The van der Waals surface area contributed by atoms with E-state index in [1.54, 1.807) is 0 Å². The summed E-state index contributed by atoms with van der Waals surface area (Å²) in [6, 6.07) is 10.4. The molecule has 13 heavy (non-hydrogen) atoms. The maximum absolute atomic E-state index is 5.05. The zero-order chi connectivity index (χ0) is 9.36. The van der Waals surface area contributed by atoms with E-state index in [1.165, 1.54) is 5.56 Å². The van der Waals surface area contributed by atoms with Crippen molar-refractivity contribution in [2.24, 2.45) is 0 Å². The van der Waals surface area contributed by atoms with E-state index in [-0.39, 0.29) is 0 Å². The second kappa shape index (κ2) is 6.63. The van der Waals surface area contributed by atoms with Crippen molar-refractivity contribution in [3.8, 4) is 0 Å². The third-order valence-corrected chi connectivity index (χ3v) is 1.78. The zero-order valence-corrected chi connectivity index (χ0v) is 7.83. The van der Waals surface area contributed by atoms with Crippen molar-refractivity contribution in [2.75, 3.05) is 19.9 Å². The van der Waals surface area contributed by atoms with E-state index in [4.69, 9.17) is 4.74 Å². The Balaban J connectivity index is 2.07. The van der Waals surface area contributed by atoms with Gasteiger partial charge in [0, 0.05) is 13.2 Å². The Kier molecular flexibility index (Phi) is 5.22. The van der Waals surface area contributed by atoms with Gasteiger partial charge in [-0.2, -0.15) is 0 Å². The van der Waals surface area contributed by atoms with Crippen molar-refractivity contribution in [1.29, 1.82) is 0 Å². The van der Waals surface area contributed by atoms with Crippen LogP contribution < -0.4 is 5.32 Å². The van der Waals surface area contributed by atoms with Gasteiger partial charge in [-0.25, -0.2) is 0 Å². The lowest BCUT2D eigenvalue weighted by Crippen LogP contribution is -2.20. The van der Waals surface area contributed by atoms with E-state index >= 15 is 0 Å². The van der Waals surface area contributed by atoms with Gasteiger partial charge in [0.15, 0.2) is 0 Å². The van der Waals surface area contributed by atoms with Crippen LogP contribution in [0.2, 0.25) is 0 Å². The van der Waals surface area contributed by atoms with Crippen LogP contribution >= 0.6 is 0 Å². The van der Waals surface area contributed by atoms with Crippen LogP contribution in [0.4, 0.5) is 0 Å². The Morgan fingerprint density at radius 2 is 2.00 bits per heavy atom. The van der Waals surface area contributed by atoms with Gasteiger partial charge in [-0.05, 0) is 18.9 Å². The van der Waals surface area contributed by atoms with Crippen molar-refractivity contribution >= 4 is 0 Å². The van der Waals surface area contributed by atoms with Crippen molar-refractivity contribution in [1.82, 2.24) is 5.32 Å². The second-order valence-corrected chi connectivity index (χ2v) is 2.79. The lowest BCUT2D eigenvalue weighted by molar-refractivity contribution is 0.142. The highest BCUT2D eigenvalue weighted by molar-refractivity contribution is 5.14. The summed E-state index contributed by atoms with van der Waals surface area (Å²) in [6.45, 7) is 5.65. The van der Waals surface area contributed by atoms with Gasteiger partial charge in [0.25, 0.3) is 0 Å². The average Bonchev–Trinajstić information content (AvgIpc) is 2.19. The van der Waals surface area contributed by atoms with E-state index in [0.717, 1.165) is 13.0 Å². The van der Waals surface area contributed by atoms with Crippen LogP contribution in [-0.4, -0.2) is 19.9 Å². The largest absolute Gasteiger partial charge is 0.366 e. The zero-order valence-electron chi connectivity index (χ0n) is 7.83. The number of benzene rings is 1. The highest BCUT2D eigenvalue weighted by atomic mass is 16.5. The van der Waals surface area contributed by atoms with E-state index in [0.29, 0.717) is 13.3 Å². The molecule has 0 aliphatic heterocycles. The first kappa shape index (κ1) is 10.2. The SMILES string of the molecule is [CH2]COCNCCc1ccccc1. The first-order chi connectivity index (χ1) is 6.43. The fourth-order valence-electron chi connectivity index (χ4n) is 1.09. The average molecular weight is 178 g/mol. The van der Waals surface area contributed by atoms with Gasteiger partial charge in [0.2, 0.25) is 0 Å². The van der Waals surface area contributed by atoms with Crippen LogP contribution in [0, 0.1) is 6.92 Å². The summed E-state index contributed by atoms with van der Waals surface area (Å²) in [5.41, 5.74) is 1.35. The summed E-state index contributed by atoms with van der Waals surface area (Å²) in [6.07, 6.45) is 1.04. The Morgan fingerprint density at radius 1 is 1.23 bits per heavy atom. The molecule has 0 atom stereocenters. The summed E-state index contributed by atoms with van der Waals surface area (Å²) >= 11 is 0. The van der Waals surface area contributed by atoms with Gasteiger partial charge < -0.3 is 4.74 Å². The van der Waals surface area contributed by atoms with E-state index in [9.17, 15) is 0 Å². The van der Waals surface area contributed by atoms with Crippen molar-refractivity contribution < 1.29 is 4.74 Å². The molecule has 0 aliphatic rings. The van der Waals surface area contributed by atoms with Crippen molar-refractivity contribution in [3.63, 3.8) is 0 Å².